The Bertz CT molecular complexity index is 377. The van der Waals surface area contributed by atoms with E-state index in [4.69, 9.17) is 0 Å². The van der Waals surface area contributed by atoms with Crippen LogP contribution in [0.3, 0.4) is 0 Å². The van der Waals surface area contributed by atoms with Gasteiger partial charge >= 0.3 is 5.97 Å². The van der Waals surface area contributed by atoms with E-state index in [0.717, 1.165) is 17.8 Å². The van der Waals surface area contributed by atoms with Crippen molar-refractivity contribution in [3.05, 3.63) is 17.1 Å². The molecule has 1 aromatic rings. The van der Waals surface area contributed by atoms with Crippen LogP contribution in [0.15, 0.2) is 0 Å². The van der Waals surface area contributed by atoms with Crippen molar-refractivity contribution in [1.29, 1.82) is 0 Å². The number of aromatic nitrogens is 2. The van der Waals surface area contributed by atoms with Crippen LogP contribution in [0, 0.1) is 13.8 Å². The summed E-state index contributed by atoms with van der Waals surface area (Å²) in [5.41, 5.74) is 1.73. The Balaban J connectivity index is 3.16. The first-order chi connectivity index (χ1) is 7.10. The van der Waals surface area contributed by atoms with Gasteiger partial charge in [0.05, 0.1) is 7.11 Å². The normalized spacial score (nSPS) is 9.87. The van der Waals surface area contributed by atoms with Gasteiger partial charge in [-0.3, -0.25) is 0 Å². The second-order valence-corrected chi connectivity index (χ2v) is 3.13. The molecule has 0 fully saturated rings. The number of nitrogens with zero attached hydrogens (tertiary/aromatic N) is 2. The molecule has 1 rings (SSSR count). The number of carbonyl (C=O) groups excluding carboxylic acids is 1. The Morgan fingerprint density at radius 2 is 2.07 bits per heavy atom. The summed E-state index contributed by atoms with van der Waals surface area (Å²) < 4.78 is 4.57. The van der Waals surface area contributed by atoms with Crippen LogP contribution in [-0.4, -0.2) is 29.6 Å². The van der Waals surface area contributed by atoms with Gasteiger partial charge in [0.2, 0.25) is 5.82 Å². The minimum absolute atomic E-state index is 0.0940. The lowest BCUT2D eigenvalue weighted by atomic mass is 10.2. The zero-order chi connectivity index (χ0) is 11.4. The summed E-state index contributed by atoms with van der Waals surface area (Å²) in [6.07, 6.45) is 0. The summed E-state index contributed by atoms with van der Waals surface area (Å²) in [5.74, 6) is 0.263. The molecule has 0 radical (unpaired) electrons. The second-order valence-electron chi connectivity index (χ2n) is 3.13. The predicted molar refractivity (Wildman–Crippen MR) is 57.0 cm³/mol. The number of anilines is 1. The molecule has 0 aromatic carbocycles. The molecule has 0 aliphatic heterocycles. The maximum Gasteiger partial charge on any atom is 0.376 e. The molecule has 0 bridgehead atoms. The van der Waals surface area contributed by atoms with Crippen LogP contribution in [0.1, 0.15) is 28.8 Å². The molecule has 5 heteroatoms. The topological polar surface area (TPSA) is 64.1 Å². The minimum Gasteiger partial charge on any atom is -0.463 e. The quantitative estimate of drug-likeness (QED) is 0.760. The van der Waals surface area contributed by atoms with Gasteiger partial charge in [0.1, 0.15) is 5.82 Å². The molecule has 0 saturated carbocycles. The maximum absolute atomic E-state index is 11.3. The number of nitrogens with one attached hydrogen (secondary N) is 1. The number of hydrogen-bond acceptors (Lipinski definition) is 5. The van der Waals surface area contributed by atoms with Crippen molar-refractivity contribution in [2.45, 2.75) is 20.8 Å². The molecule has 0 amide bonds. The Morgan fingerprint density at radius 1 is 1.40 bits per heavy atom. The Kier molecular flexibility index (Phi) is 3.60. The Labute approximate surface area is 88.9 Å². The molecule has 1 N–H and O–H groups in total. The fourth-order valence-corrected chi connectivity index (χ4v) is 1.15. The first kappa shape index (κ1) is 11.4. The Hall–Kier alpha value is -1.65. The van der Waals surface area contributed by atoms with Crippen molar-refractivity contribution in [2.24, 2.45) is 0 Å². The van der Waals surface area contributed by atoms with E-state index >= 15 is 0 Å². The summed E-state index contributed by atoms with van der Waals surface area (Å²) in [4.78, 5) is 19.4. The third-order valence-corrected chi connectivity index (χ3v) is 2.10. The number of methoxy groups -OCH3 is 1. The van der Waals surface area contributed by atoms with Crippen LogP contribution in [0.4, 0.5) is 5.82 Å². The van der Waals surface area contributed by atoms with E-state index in [1.807, 2.05) is 20.8 Å². The van der Waals surface area contributed by atoms with Gasteiger partial charge in [-0.2, -0.15) is 0 Å². The number of aryl methyl sites for hydroxylation is 1. The number of ether oxygens (including phenoxy) is 1. The van der Waals surface area contributed by atoms with Crippen molar-refractivity contribution < 1.29 is 9.53 Å². The molecule has 5 nitrogen and oxygen atoms in total. The van der Waals surface area contributed by atoms with E-state index < -0.39 is 5.97 Å². The number of rotatable bonds is 3. The number of esters is 1. The van der Waals surface area contributed by atoms with Gasteiger partial charge in [0.15, 0.2) is 0 Å². The lowest BCUT2D eigenvalue weighted by molar-refractivity contribution is 0.0586. The highest BCUT2D eigenvalue weighted by molar-refractivity contribution is 5.85. The summed E-state index contributed by atoms with van der Waals surface area (Å²) in [6.45, 7) is 6.46. The molecule has 0 atom stereocenters. The molecule has 82 valence electrons. The second kappa shape index (κ2) is 4.72. The molecular formula is C10H15N3O2. The fourth-order valence-electron chi connectivity index (χ4n) is 1.15. The fraction of sp³-hybridized carbons (Fsp3) is 0.500. The van der Waals surface area contributed by atoms with Crippen LogP contribution in [0.25, 0.3) is 0 Å². The van der Waals surface area contributed by atoms with E-state index in [1.54, 1.807) is 0 Å². The van der Waals surface area contributed by atoms with Crippen molar-refractivity contribution in [3.63, 3.8) is 0 Å². The van der Waals surface area contributed by atoms with Crippen LogP contribution in [0.5, 0.6) is 0 Å². The zero-order valence-electron chi connectivity index (χ0n) is 9.42. The van der Waals surface area contributed by atoms with Crippen LogP contribution in [0.2, 0.25) is 0 Å². The molecule has 1 aromatic heterocycles. The average Bonchev–Trinajstić information content (AvgIpc) is 2.23. The van der Waals surface area contributed by atoms with Crippen LogP contribution in [-0.2, 0) is 4.74 Å². The molecule has 0 aliphatic rings. The summed E-state index contributed by atoms with van der Waals surface area (Å²) in [6, 6.07) is 0. The first-order valence-electron chi connectivity index (χ1n) is 4.77. The molecule has 0 aliphatic carbocycles. The highest BCUT2D eigenvalue weighted by Crippen LogP contribution is 2.14. The lowest BCUT2D eigenvalue weighted by Gasteiger charge is -2.09. The molecule has 0 saturated heterocycles. The van der Waals surface area contributed by atoms with Gasteiger partial charge in [-0.1, -0.05) is 0 Å². The van der Waals surface area contributed by atoms with Gasteiger partial charge in [-0.15, -0.1) is 0 Å². The van der Waals surface area contributed by atoms with Crippen LogP contribution < -0.4 is 5.32 Å². The van der Waals surface area contributed by atoms with Gasteiger partial charge in [-0.05, 0) is 20.8 Å². The molecular weight excluding hydrogens is 194 g/mol. The summed E-state index contributed by atoms with van der Waals surface area (Å²) in [5, 5.41) is 3.08. The highest BCUT2D eigenvalue weighted by Gasteiger charge is 2.13. The van der Waals surface area contributed by atoms with Gasteiger partial charge < -0.3 is 10.1 Å². The van der Waals surface area contributed by atoms with E-state index in [9.17, 15) is 4.79 Å². The standard InChI is InChI=1S/C10H15N3O2/c1-5-11-8-6(2)7(3)12-9(13-8)10(14)15-4/h5H2,1-4H3,(H,11,12,13). The van der Waals surface area contributed by atoms with E-state index in [1.165, 1.54) is 7.11 Å². The third-order valence-electron chi connectivity index (χ3n) is 2.10. The third kappa shape index (κ3) is 2.43. The van der Waals surface area contributed by atoms with Crippen molar-refractivity contribution in [3.8, 4) is 0 Å². The lowest BCUT2D eigenvalue weighted by Crippen LogP contribution is -2.13. The zero-order valence-corrected chi connectivity index (χ0v) is 9.42. The number of carbonyl (C=O) groups is 1. The van der Waals surface area contributed by atoms with E-state index in [-0.39, 0.29) is 5.82 Å². The van der Waals surface area contributed by atoms with E-state index in [0.29, 0.717) is 5.82 Å². The number of hydrogen-bond donors (Lipinski definition) is 1. The highest BCUT2D eigenvalue weighted by atomic mass is 16.5. The molecule has 15 heavy (non-hydrogen) atoms. The average molecular weight is 209 g/mol. The summed E-state index contributed by atoms with van der Waals surface area (Å²) >= 11 is 0. The monoisotopic (exact) mass is 209 g/mol. The van der Waals surface area contributed by atoms with E-state index in [2.05, 4.69) is 20.0 Å². The van der Waals surface area contributed by atoms with Crippen molar-refractivity contribution >= 4 is 11.8 Å². The van der Waals surface area contributed by atoms with Crippen molar-refractivity contribution in [2.75, 3.05) is 19.0 Å². The molecule has 0 unspecified atom stereocenters. The van der Waals surface area contributed by atoms with Gasteiger partial charge in [-0.25, -0.2) is 14.8 Å². The predicted octanol–water partition coefficient (Wildman–Crippen LogP) is 1.31. The SMILES string of the molecule is CCNc1nc(C(=O)OC)nc(C)c1C. The smallest absolute Gasteiger partial charge is 0.376 e. The largest absolute Gasteiger partial charge is 0.463 e. The maximum atomic E-state index is 11.3. The van der Waals surface area contributed by atoms with Gasteiger partial charge in [0, 0.05) is 17.8 Å². The first-order valence-corrected chi connectivity index (χ1v) is 4.77. The van der Waals surface area contributed by atoms with Crippen LogP contribution >= 0.6 is 0 Å². The molecule has 0 spiro atoms. The minimum atomic E-state index is -0.516. The molecule has 1 heterocycles. The van der Waals surface area contributed by atoms with Gasteiger partial charge in [0.25, 0.3) is 0 Å². The summed E-state index contributed by atoms with van der Waals surface area (Å²) in [7, 11) is 1.31. The van der Waals surface area contributed by atoms with Crippen molar-refractivity contribution in [1.82, 2.24) is 9.97 Å². The Morgan fingerprint density at radius 3 is 2.60 bits per heavy atom.